The summed E-state index contributed by atoms with van der Waals surface area (Å²) >= 11 is 5.89. The van der Waals surface area contributed by atoms with Crippen LogP contribution >= 0.6 is 11.6 Å². The third kappa shape index (κ3) is 3.86. The normalized spacial score (nSPS) is 17.7. The molecule has 0 aromatic heterocycles. The predicted octanol–water partition coefficient (Wildman–Crippen LogP) is 1.25. The maximum Gasteiger partial charge on any atom is 0.326 e. The summed E-state index contributed by atoms with van der Waals surface area (Å²) in [5.41, 5.74) is 0.839. The number of ether oxygens (including phenoxy) is 2. The van der Waals surface area contributed by atoms with Gasteiger partial charge in [-0.2, -0.15) is 0 Å². The maximum absolute atomic E-state index is 12.1. The van der Waals surface area contributed by atoms with Crippen molar-refractivity contribution >= 4 is 23.5 Å². The van der Waals surface area contributed by atoms with Crippen LogP contribution in [0.5, 0.6) is 5.75 Å². The molecule has 2 atom stereocenters. The number of hydrogen-bond acceptors (Lipinski definition) is 4. The van der Waals surface area contributed by atoms with Gasteiger partial charge in [-0.3, -0.25) is 4.79 Å². The van der Waals surface area contributed by atoms with Crippen LogP contribution in [0.3, 0.4) is 0 Å². The van der Waals surface area contributed by atoms with E-state index in [1.54, 1.807) is 18.2 Å². The standard InChI is InChI=1S/C14H16ClNO5/c1-20-5-4-10(14(18)19)16-13(17)12-7-8-6-9(15)2-3-11(8)21-12/h2-3,6,10,12H,4-5,7H2,1H3,(H,16,17)(H,18,19)/t10-,12-/m0/s1. The molecule has 1 aliphatic heterocycles. The molecule has 0 spiro atoms. The molecule has 7 heteroatoms. The summed E-state index contributed by atoms with van der Waals surface area (Å²) in [5.74, 6) is -0.951. The molecule has 1 aliphatic rings. The third-order valence-corrected chi connectivity index (χ3v) is 3.45. The van der Waals surface area contributed by atoms with Gasteiger partial charge in [-0.25, -0.2) is 4.79 Å². The summed E-state index contributed by atoms with van der Waals surface area (Å²) < 4.78 is 10.3. The van der Waals surface area contributed by atoms with Crippen molar-refractivity contribution < 1.29 is 24.2 Å². The fraction of sp³-hybridized carbons (Fsp3) is 0.429. The first-order valence-electron chi connectivity index (χ1n) is 6.48. The Labute approximate surface area is 127 Å². The van der Waals surface area contributed by atoms with Crippen molar-refractivity contribution in [3.8, 4) is 5.75 Å². The van der Waals surface area contributed by atoms with E-state index in [0.717, 1.165) is 5.56 Å². The van der Waals surface area contributed by atoms with Crippen LogP contribution in [0.25, 0.3) is 0 Å². The first-order chi connectivity index (χ1) is 10.0. The molecule has 2 rings (SSSR count). The van der Waals surface area contributed by atoms with E-state index in [0.29, 0.717) is 17.2 Å². The fourth-order valence-corrected chi connectivity index (χ4v) is 2.32. The average molecular weight is 314 g/mol. The van der Waals surface area contributed by atoms with Crippen LogP contribution in [0.4, 0.5) is 0 Å². The number of benzene rings is 1. The Morgan fingerprint density at radius 3 is 3.00 bits per heavy atom. The van der Waals surface area contributed by atoms with E-state index in [-0.39, 0.29) is 13.0 Å². The number of carboxylic acids is 1. The molecule has 0 aliphatic carbocycles. The van der Waals surface area contributed by atoms with E-state index in [1.165, 1.54) is 7.11 Å². The van der Waals surface area contributed by atoms with E-state index in [4.69, 9.17) is 26.2 Å². The highest BCUT2D eigenvalue weighted by molar-refractivity contribution is 6.30. The first-order valence-corrected chi connectivity index (χ1v) is 6.86. The number of aliphatic carboxylic acids is 1. The Bertz CT molecular complexity index is 548. The number of carbonyl (C=O) groups excluding carboxylic acids is 1. The van der Waals surface area contributed by atoms with Crippen molar-refractivity contribution in [2.24, 2.45) is 0 Å². The number of halogens is 1. The van der Waals surface area contributed by atoms with E-state index < -0.39 is 24.0 Å². The van der Waals surface area contributed by atoms with Gasteiger partial charge in [0.05, 0.1) is 0 Å². The number of carbonyl (C=O) groups is 2. The van der Waals surface area contributed by atoms with E-state index >= 15 is 0 Å². The molecule has 6 nitrogen and oxygen atoms in total. The van der Waals surface area contributed by atoms with Crippen molar-refractivity contribution in [2.45, 2.75) is 25.0 Å². The van der Waals surface area contributed by atoms with Gasteiger partial charge in [0.2, 0.25) is 0 Å². The van der Waals surface area contributed by atoms with Crippen molar-refractivity contribution in [1.29, 1.82) is 0 Å². The van der Waals surface area contributed by atoms with Crippen molar-refractivity contribution in [3.63, 3.8) is 0 Å². The zero-order chi connectivity index (χ0) is 15.4. The Morgan fingerprint density at radius 2 is 2.33 bits per heavy atom. The van der Waals surface area contributed by atoms with E-state index in [1.807, 2.05) is 0 Å². The van der Waals surface area contributed by atoms with Gasteiger partial charge in [0.15, 0.2) is 6.10 Å². The van der Waals surface area contributed by atoms with E-state index in [9.17, 15) is 9.59 Å². The van der Waals surface area contributed by atoms with Crippen LogP contribution in [-0.4, -0.2) is 42.8 Å². The minimum atomic E-state index is -1.10. The van der Waals surface area contributed by atoms with Gasteiger partial charge in [-0.05, 0) is 23.8 Å². The number of fused-ring (bicyclic) bond motifs is 1. The van der Waals surface area contributed by atoms with Gasteiger partial charge in [0.1, 0.15) is 11.8 Å². The predicted molar refractivity (Wildman–Crippen MR) is 75.6 cm³/mol. The summed E-state index contributed by atoms with van der Waals surface area (Å²) in [4.78, 5) is 23.2. The number of hydrogen-bond donors (Lipinski definition) is 2. The topological polar surface area (TPSA) is 84.9 Å². The first kappa shape index (κ1) is 15.6. The lowest BCUT2D eigenvalue weighted by atomic mass is 10.1. The number of carboxylic acid groups (broad SMARTS) is 1. The Morgan fingerprint density at radius 1 is 1.57 bits per heavy atom. The molecule has 0 saturated heterocycles. The fourth-order valence-electron chi connectivity index (χ4n) is 2.12. The summed E-state index contributed by atoms with van der Waals surface area (Å²) in [6, 6.07) is 4.13. The van der Waals surface area contributed by atoms with Crippen LogP contribution in [0.1, 0.15) is 12.0 Å². The Hall–Kier alpha value is -1.79. The smallest absolute Gasteiger partial charge is 0.326 e. The lowest BCUT2D eigenvalue weighted by molar-refractivity contribution is -0.143. The molecule has 0 saturated carbocycles. The molecule has 0 unspecified atom stereocenters. The van der Waals surface area contributed by atoms with Crippen LogP contribution in [0, 0.1) is 0 Å². The molecule has 0 bridgehead atoms. The number of methoxy groups -OCH3 is 1. The third-order valence-electron chi connectivity index (χ3n) is 3.21. The van der Waals surface area contributed by atoms with Gasteiger partial charge in [0.25, 0.3) is 5.91 Å². The van der Waals surface area contributed by atoms with Crippen LogP contribution in [0.2, 0.25) is 5.02 Å². The molecule has 114 valence electrons. The van der Waals surface area contributed by atoms with Crippen LogP contribution in [-0.2, 0) is 20.7 Å². The van der Waals surface area contributed by atoms with Crippen molar-refractivity contribution in [3.05, 3.63) is 28.8 Å². The van der Waals surface area contributed by atoms with Crippen LogP contribution < -0.4 is 10.1 Å². The minimum absolute atomic E-state index is 0.197. The second kappa shape index (κ2) is 6.78. The van der Waals surface area contributed by atoms with E-state index in [2.05, 4.69) is 5.32 Å². The highest BCUT2D eigenvalue weighted by atomic mass is 35.5. The lowest BCUT2D eigenvalue weighted by Gasteiger charge is -2.17. The lowest BCUT2D eigenvalue weighted by Crippen LogP contribution is -2.47. The molecular weight excluding hydrogens is 298 g/mol. The largest absolute Gasteiger partial charge is 0.480 e. The van der Waals surface area contributed by atoms with Gasteiger partial charge < -0.3 is 19.9 Å². The number of amides is 1. The maximum atomic E-state index is 12.1. The molecule has 0 radical (unpaired) electrons. The highest BCUT2D eigenvalue weighted by Gasteiger charge is 2.31. The molecular formula is C14H16ClNO5. The molecule has 1 aromatic carbocycles. The minimum Gasteiger partial charge on any atom is -0.480 e. The number of nitrogens with one attached hydrogen (secondary N) is 1. The molecule has 1 amide bonds. The zero-order valence-electron chi connectivity index (χ0n) is 11.5. The van der Waals surface area contributed by atoms with Gasteiger partial charge in [0, 0.05) is 31.6 Å². The molecule has 2 N–H and O–H groups in total. The quantitative estimate of drug-likeness (QED) is 0.825. The van der Waals surface area contributed by atoms with Gasteiger partial charge in [-0.1, -0.05) is 11.6 Å². The monoisotopic (exact) mass is 313 g/mol. The van der Waals surface area contributed by atoms with Crippen molar-refractivity contribution in [1.82, 2.24) is 5.32 Å². The zero-order valence-corrected chi connectivity index (χ0v) is 12.2. The molecule has 1 heterocycles. The molecule has 0 fully saturated rings. The summed E-state index contributed by atoms with van der Waals surface area (Å²) in [5, 5.41) is 12.1. The highest BCUT2D eigenvalue weighted by Crippen LogP contribution is 2.31. The SMILES string of the molecule is COCC[C@H](NC(=O)[C@@H]1Cc2cc(Cl)ccc2O1)C(=O)O. The number of rotatable bonds is 6. The average Bonchev–Trinajstić information content (AvgIpc) is 2.85. The van der Waals surface area contributed by atoms with Gasteiger partial charge in [-0.15, -0.1) is 0 Å². The molecule has 21 heavy (non-hydrogen) atoms. The summed E-state index contributed by atoms with van der Waals surface area (Å²) in [6.07, 6.45) is -0.163. The second-order valence-corrected chi connectivity index (χ2v) is 5.18. The Balaban J connectivity index is 1.97. The second-order valence-electron chi connectivity index (χ2n) is 4.74. The van der Waals surface area contributed by atoms with Crippen molar-refractivity contribution in [2.75, 3.05) is 13.7 Å². The Kier molecular flexibility index (Phi) is 5.03. The summed E-state index contributed by atoms with van der Waals surface area (Å²) in [7, 11) is 1.47. The van der Waals surface area contributed by atoms with Gasteiger partial charge >= 0.3 is 5.97 Å². The molecule has 1 aromatic rings. The van der Waals surface area contributed by atoms with Crippen LogP contribution in [0.15, 0.2) is 18.2 Å². The summed E-state index contributed by atoms with van der Waals surface area (Å²) in [6.45, 7) is 0.249.